The van der Waals surface area contributed by atoms with Gasteiger partial charge < -0.3 is 9.47 Å². The van der Waals surface area contributed by atoms with Gasteiger partial charge in [-0.15, -0.1) is 0 Å². The Bertz CT molecular complexity index is 1560. The van der Waals surface area contributed by atoms with E-state index in [1.807, 2.05) is 12.1 Å². The van der Waals surface area contributed by atoms with E-state index >= 15 is 8.78 Å². The van der Waals surface area contributed by atoms with Crippen LogP contribution >= 0.6 is 11.8 Å². The molecule has 0 saturated carbocycles. The van der Waals surface area contributed by atoms with Crippen LogP contribution in [0.15, 0.2) is 83.8 Å². The number of benzene rings is 3. The van der Waals surface area contributed by atoms with E-state index in [2.05, 4.69) is 32.7 Å². The molecule has 0 amide bonds. The molecule has 0 spiro atoms. The van der Waals surface area contributed by atoms with Gasteiger partial charge in [0.25, 0.3) is 0 Å². The zero-order valence-corrected chi connectivity index (χ0v) is 25.0. The van der Waals surface area contributed by atoms with Gasteiger partial charge in [0.05, 0.1) is 14.2 Å². The van der Waals surface area contributed by atoms with Crippen molar-refractivity contribution in [3.05, 3.63) is 101 Å². The standard InChI is InChI=1S/C19H14F4O3S.C11H10O3.B4/c1-26-16(25)17(11-12-7-5-6-10-14(12)15(17)24)18(20,21)19(22,23)27-13-8-3-2-4-9-13;1-14-11(13)9-6-7-4-2-3-5-8(7)10(9)12;1-4(2)3/h2-10H,11H2,1H3;2-5,9H,6H2,1H3;. The van der Waals surface area contributed by atoms with Crippen molar-refractivity contribution in [1.29, 1.82) is 0 Å². The maximum atomic E-state index is 15.2. The lowest BCUT2D eigenvalue weighted by molar-refractivity contribution is -0.219. The smallest absolute Gasteiger partial charge is 0.362 e. The summed E-state index contributed by atoms with van der Waals surface area (Å²) in [5.41, 5.74) is -1.80. The molecule has 45 heavy (non-hydrogen) atoms. The molecule has 2 unspecified atom stereocenters. The topological polar surface area (TPSA) is 86.7 Å². The Hall–Kier alpha value is -3.73. The highest BCUT2D eigenvalue weighted by atomic mass is 32.2. The first-order valence-corrected chi connectivity index (χ1v) is 14.1. The number of thioether (sulfide) groups is 1. The van der Waals surface area contributed by atoms with Crippen molar-refractivity contribution in [3.8, 4) is 0 Å². The SMILES string of the molecule is COC(=O)C1(C(F)(F)C(F)(F)Sc2ccccc2)Cc2ccccc2C1=O.COC(=O)C1Cc2ccccc2C1=O.[B]B([B])[B]. The van der Waals surface area contributed by atoms with Crippen molar-refractivity contribution < 1.29 is 46.2 Å². The third-order valence-corrected chi connectivity index (χ3v) is 8.06. The molecule has 0 aliphatic heterocycles. The molecule has 0 N–H and O–H groups in total. The van der Waals surface area contributed by atoms with Crippen LogP contribution in [0.25, 0.3) is 0 Å². The van der Waals surface area contributed by atoms with E-state index in [9.17, 15) is 28.0 Å². The summed E-state index contributed by atoms with van der Waals surface area (Å²) in [5.74, 6) is -9.22. The molecule has 0 saturated heterocycles. The monoisotopic (exact) mass is 632 g/mol. The molecule has 226 valence electrons. The molecular formula is C30H24B4F4O6S. The molecule has 5 rings (SSSR count). The Balaban J connectivity index is 0.000000255. The number of halogens is 4. The predicted octanol–water partition coefficient (Wildman–Crippen LogP) is 4.30. The van der Waals surface area contributed by atoms with E-state index in [-0.39, 0.29) is 21.8 Å². The van der Waals surface area contributed by atoms with E-state index in [1.165, 1.54) is 55.6 Å². The molecule has 0 aromatic heterocycles. The second-order valence-electron chi connectivity index (χ2n) is 9.94. The first kappa shape index (κ1) is 35.7. The minimum absolute atomic E-state index is 0.105. The molecule has 15 heteroatoms. The highest BCUT2D eigenvalue weighted by Crippen LogP contribution is 2.59. The van der Waals surface area contributed by atoms with Crippen molar-refractivity contribution in [2.24, 2.45) is 11.3 Å². The molecule has 0 heterocycles. The number of carbonyl (C=O) groups excluding carboxylic acids is 4. The fourth-order valence-corrected chi connectivity index (χ4v) is 5.83. The fraction of sp³-hybridized carbons (Fsp3) is 0.267. The van der Waals surface area contributed by atoms with E-state index in [0.717, 1.165) is 12.7 Å². The van der Waals surface area contributed by atoms with Crippen molar-refractivity contribution in [3.63, 3.8) is 0 Å². The van der Waals surface area contributed by atoms with Crippen molar-refractivity contribution in [1.82, 2.24) is 0 Å². The van der Waals surface area contributed by atoms with Gasteiger partial charge in [-0.1, -0.05) is 66.7 Å². The van der Waals surface area contributed by atoms with E-state index in [0.29, 0.717) is 12.0 Å². The van der Waals surface area contributed by atoms with Crippen molar-refractivity contribution in [2.75, 3.05) is 14.2 Å². The quantitative estimate of drug-likeness (QED) is 0.132. The van der Waals surface area contributed by atoms with Gasteiger partial charge in [-0.05, 0) is 41.4 Å². The Morgan fingerprint density at radius 1 is 0.822 bits per heavy atom. The fourth-order valence-electron chi connectivity index (χ4n) is 4.93. The van der Waals surface area contributed by atoms with Gasteiger partial charge in [-0.25, -0.2) is 0 Å². The number of alkyl halides is 4. The van der Waals surface area contributed by atoms with Crippen molar-refractivity contribution >= 4 is 64.9 Å². The van der Waals surface area contributed by atoms with Gasteiger partial charge in [0.2, 0.25) is 5.41 Å². The molecule has 2 aliphatic carbocycles. The summed E-state index contributed by atoms with van der Waals surface area (Å²) in [4.78, 5) is 47.9. The molecular weight excluding hydrogens is 608 g/mol. The number of esters is 2. The number of fused-ring (bicyclic) bond motifs is 2. The molecule has 0 fully saturated rings. The van der Waals surface area contributed by atoms with E-state index < -0.39 is 64.8 Å². The number of ketones is 2. The average molecular weight is 632 g/mol. The molecule has 6 nitrogen and oxygen atoms in total. The van der Waals surface area contributed by atoms with Crippen molar-refractivity contribution in [2.45, 2.75) is 28.9 Å². The average Bonchev–Trinajstić information content (AvgIpc) is 3.51. The van der Waals surface area contributed by atoms with Crippen LogP contribution in [-0.2, 0) is 31.9 Å². The zero-order chi connectivity index (χ0) is 33.6. The predicted molar refractivity (Wildman–Crippen MR) is 164 cm³/mol. The molecule has 6 radical (unpaired) electrons. The summed E-state index contributed by atoms with van der Waals surface area (Å²) in [5, 5.41) is -4.74. The third-order valence-electron chi connectivity index (χ3n) is 7.04. The maximum absolute atomic E-state index is 15.2. The van der Waals surface area contributed by atoms with Gasteiger partial charge in [-0.2, -0.15) is 17.6 Å². The van der Waals surface area contributed by atoms with Crippen LogP contribution in [0.3, 0.4) is 0 Å². The van der Waals surface area contributed by atoms with Crippen LogP contribution < -0.4 is 0 Å². The summed E-state index contributed by atoms with van der Waals surface area (Å²) in [7, 11) is 16.1. The maximum Gasteiger partial charge on any atom is 0.362 e. The number of rotatable bonds is 6. The van der Waals surface area contributed by atoms with E-state index in [1.54, 1.807) is 18.2 Å². The number of Topliss-reactive ketones (excluding diaryl/α,β-unsaturated/α-hetero) is 2. The number of carbonyl (C=O) groups is 4. The Morgan fingerprint density at radius 3 is 1.84 bits per heavy atom. The van der Waals surface area contributed by atoms with Crippen LogP contribution in [0.4, 0.5) is 17.6 Å². The summed E-state index contributed by atoms with van der Waals surface area (Å²) in [6, 6.07) is 19.7. The van der Waals surface area contributed by atoms with Crippen LogP contribution in [0, 0.1) is 11.3 Å². The zero-order valence-electron chi connectivity index (χ0n) is 24.2. The third kappa shape index (κ3) is 7.24. The lowest BCUT2D eigenvalue weighted by Gasteiger charge is -2.37. The summed E-state index contributed by atoms with van der Waals surface area (Å²) in [6.07, 6.45) is -1.05. The van der Waals surface area contributed by atoms with Crippen LogP contribution in [0.5, 0.6) is 0 Å². The largest absolute Gasteiger partial charge is 0.468 e. The second kappa shape index (κ2) is 14.6. The Morgan fingerprint density at radius 2 is 1.33 bits per heavy atom. The number of ether oxygens (including phenoxy) is 2. The Kier molecular flexibility index (Phi) is 11.6. The van der Waals surface area contributed by atoms with E-state index in [4.69, 9.17) is 0 Å². The molecule has 2 atom stereocenters. The Labute approximate surface area is 266 Å². The lowest BCUT2D eigenvalue weighted by Crippen LogP contribution is -2.60. The normalized spacial score (nSPS) is 18.3. The number of hydrogen-bond acceptors (Lipinski definition) is 7. The number of hydrogen-bond donors (Lipinski definition) is 0. The first-order valence-electron chi connectivity index (χ1n) is 13.3. The first-order chi connectivity index (χ1) is 21.1. The minimum atomic E-state index is -5.00. The summed E-state index contributed by atoms with van der Waals surface area (Å²) in [6.45, 7) is 0. The molecule has 0 bridgehead atoms. The highest BCUT2D eigenvalue weighted by molar-refractivity contribution is 8.00. The van der Waals surface area contributed by atoms with Gasteiger partial charge in [0.1, 0.15) is 5.92 Å². The summed E-state index contributed by atoms with van der Waals surface area (Å²) >= 11 is -0.396. The van der Waals surface area contributed by atoms with Gasteiger partial charge in [0.15, 0.2) is 11.6 Å². The minimum Gasteiger partial charge on any atom is -0.468 e. The highest BCUT2D eigenvalue weighted by Gasteiger charge is 2.77. The van der Waals surface area contributed by atoms with Gasteiger partial charge in [-0.3, -0.25) is 19.2 Å². The number of methoxy groups -OCH3 is 2. The molecule has 2 aliphatic rings. The molecule has 3 aromatic carbocycles. The summed E-state index contributed by atoms with van der Waals surface area (Å²) < 4.78 is 68.8. The van der Waals surface area contributed by atoms with Crippen LogP contribution in [-0.4, -0.2) is 78.5 Å². The van der Waals surface area contributed by atoms with Gasteiger partial charge in [0, 0.05) is 52.0 Å². The van der Waals surface area contributed by atoms with Crippen LogP contribution in [0.2, 0.25) is 0 Å². The molecule has 3 aromatic rings. The second-order valence-corrected chi connectivity index (χ2v) is 11.1. The van der Waals surface area contributed by atoms with Gasteiger partial charge >= 0.3 is 23.1 Å². The lowest BCUT2D eigenvalue weighted by atomic mass is 9.08. The van der Waals surface area contributed by atoms with Crippen LogP contribution in [0.1, 0.15) is 31.8 Å².